The number of benzene rings is 1. The van der Waals surface area contributed by atoms with E-state index in [4.69, 9.17) is 5.73 Å². The van der Waals surface area contributed by atoms with Crippen LogP contribution in [0.2, 0.25) is 0 Å². The van der Waals surface area contributed by atoms with Crippen molar-refractivity contribution in [2.45, 2.75) is 31.8 Å². The Morgan fingerprint density at radius 3 is 2.77 bits per heavy atom. The van der Waals surface area contributed by atoms with Crippen LogP contribution in [0.15, 0.2) is 24.3 Å². The number of carbonyl (C=O) groups excluding carboxylic acids is 1. The molecule has 7 nitrogen and oxygen atoms in total. The van der Waals surface area contributed by atoms with E-state index in [-0.39, 0.29) is 11.9 Å². The lowest BCUT2D eigenvalue weighted by Gasteiger charge is -2.22. The fourth-order valence-electron chi connectivity index (χ4n) is 2.52. The first-order chi connectivity index (χ1) is 10.8. The maximum Gasteiger partial charge on any atom is 0.241 e. The fraction of sp³-hybridized carbons (Fsp3) is 0.400. The Morgan fingerprint density at radius 2 is 2.14 bits per heavy atom. The van der Waals surface area contributed by atoms with Gasteiger partial charge in [0.2, 0.25) is 5.91 Å². The van der Waals surface area contributed by atoms with Crippen molar-refractivity contribution < 1.29 is 4.79 Å². The van der Waals surface area contributed by atoms with Crippen molar-refractivity contribution in [3.8, 4) is 11.4 Å². The lowest BCUT2D eigenvalue weighted by atomic mass is 10.0. The number of anilines is 1. The first-order valence-corrected chi connectivity index (χ1v) is 7.52. The molecule has 0 saturated carbocycles. The Bertz CT molecular complexity index is 630. The monoisotopic (exact) mass is 300 g/mol. The van der Waals surface area contributed by atoms with Crippen LogP contribution in [0.1, 0.15) is 25.1 Å². The molecule has 1 amide bonds. The van der Waals surface area contributed by atoms with Gasteiger partial charge >= 0.3 is 0 Å². The van der Waals surface area contributed by atoms with Crippen LogP contribution >= 0.6 is 0 Å². The summed E-state index contributed by atoms with van der Waals surface area (Å²) in [5, 5.41) is 13.1. The topological polar surface area (TPSA) is 109 Å². The number of hydrogen-bond acceptors (Lipinski definition) is 5. The molecule has 0 aliphatic carbocycles. The number of aromatic nitrogens is 3. The van der Waals surface area contributed by atoms with Crippen LogP contribution in [0, 0.1) is 0 Å². The quantitative estimate of drug-likeness (QED) is 0.674. The molecular weight excluding hydrogens is 280 g/mol. The normalized spacial score (nSPS) is 18.1. The zero-order valence-corrected chi connectivity index (χ0v) is 12.3. The summed E-state index contributed by atoms with van der Waals surface area (Å²) < 4.78 is 0. The SMILES string of the molecule is NCc1nc(-c2ccc(NC(=O)[C@@H]3CCCCN3)cc2)n[nH]1. The van der Waals surface area contributed by atoms with Gasteiger partial charge in [-0.05, 0) is 43.7 Å². The highest BCUT2D eigenvalue weighted by Gasteiger charge is 2.20. The maximum absolute atomic E-state index is 12.1. The van der Waals surface area contributed by atoms with E-state index in [9.17, 15) is 4.79 Å². The van der Waals surface area contributed by atoms with Crippen LogP contribution in [0.3, 0.4) is 0 Å². The van der Waals surface area contributed by atoms with Gasteiger partial charge in [-0.3, -0.25) is 9.89 Å². The van der Waals surface area contributed by atoms with E-state index in [2.05, 4.69) is 25.8 Å². The highest BCUT2D eigenvalue weighted by Crippen LogP contribution is 2.18. The number of carbonyl (C=O) groups is 1. The van der Waals surface area contributed by atoms with Gasteiger partial charge < -0.3 is 16.4 Å². The van der Waals surface area contributed by atoms with E-state index in [1.807, 2.05) is 24.3 Å². The molecule has 0 bridgehead atoms. The van der Waals surface area contributed by atoms with E-state index in [1.165, 1.54) is 0 Å². The summed E-state index contributed by atoms with van der Waals surface area (Å²) in [6.45, 7) is 1.24. The zero-order valence-electron chi connectivity index (χ0n) is 12.3. The molecule has 1 atom stereocenters. The highest BCUT2D eigenvalue weighted by atomic mass is 16.2. The summed E-state index contributed by atoms with van der Waals surface area (Å²) in [5.74, 6) is 1.28. The Balaban J connectivity index is 1.64. The predicted octanol–water partition coefficient (Wildman–Crippen LogP) is 1.01. The minimum absolute atomic E-state index is 0.0239. The number of amides is 1. The van der Waals surface area contributed by atoms with Crippen LogP contribution < -0.4 is 16.4 Å². The van der Waals surface area contributed by atoms with Gasteiger partial charge in [-0.25, -0.2) is 4.98 Å². The minimum atomic E-state index is -0.0893. The van der Waals surface area contributed by atoms with E-state index < -0.39 is 0 Å². The number of rotatable bonds is 4. The molecule has 116 valence electrons. The van der Waals surface area contributed by atoms with Gasteiger partial charge in [0.1, 0.15) is 5.82 Å². The summed E-state index contributed by atoms with van der Waals surface area (Å²) in [5.41, 5.74) is 7.16. The molecular formula is C15H20N6O. The van der Waals surface area contributed by atoms with E-state index >= 15 is 0 Å². The van der Waals surface area contributed by atoms with Crippen molar-refractivity contribution in [3.05, 3.63) is 30.1 Å². The fourth-order valence-corrected chi connectivity index (χ4v) is 2.52. The van der Waals surface area contributed by atoms with Gasteiger partial charge in [-0.15, -0.1) is 0 Å². The number of nitrogens with two attached hydrogens (primary N) is 1. The molecule has 5 N–H and O–H groups in total. The number of hydrogen-bond donors (Lipinski definition) is 4. The molecule has 0 unspecified atom stereocenters. The molecule has 2 aromatic rings. The standard InChI is InChI=1S/C15H20N6O/c16-9-13-19-14(21-20-13)10-4-6-11(7-5-10)18-15(22)12-3-1-2-8-17-12/h4-7,12,17H,1-3,8-9,16H2,(H,18,22)(H,19,20,21)/t12-/m0/s1. The molecule has 1 fully saturated rings. The van der Waals surface area contributed by atoms with Crippen LogP contribution in [0.25, 0.3) is 11.4 Å². The van der Waals surface area contributed by atoms with Gasteiger partial charge in [-0.2, -0.15) is 5.10 Å². The first kappa shape index (κ1) is 14.7. The molecule has 1 aromatic heterocycles. The molecule has 3 rings (SSSR count). The minimum Gasteiger partial charge on any atom is -0.325 e. The Morgan fingerprint density at radius 1 is 1.32 bits per heavy atom. The number of nitrogens with one attached hydrogen (secondary N) is 3. The van der Waals surface area contributed by atoms with Gasteiger partial charge in [-0.1, -0.05) is 6.42 Å². The van der Waals surface area contributed by atoms with Gasteiger partial charge in [0, 0.05) is 11.3 Å². The lowest BCUT2D eigenvalue weighted by molar-refractivity contribution is -0.118. The lowest BCUT2D eigenvalue weighted by Crippen LogP contribution is -2.43. The van der Waals surface area contributed by atoms with E-state index in [0.29, 0.717) is 18.2 Å². The summed E-state index contributed by atoms with van der Waals surface area (Å²) in [6, 6.07) is 7.39. The van der Waals surface area contributed by atoms with E-state index in [0.717, 1.165) is 37.1 Å². The van der Waals surface area contributed by atoms with Crippen LogP contribution in [-0.4, -0.2) is 33.7 Å². The molecule has 7 heteroatoms. The zero-order chi connectivity index (χ0) is 15.4. The summed E-state index contributed by atoms with van der Waals surface area (Å²) in [4.78, 5) is 16.4. The average Bonchev–Trinajstić information content (AvgIpc) is 3.05. The largest absolute Gasteiger partial charge is 0.325 e. The summed E-state index contributed by atoms with van der Waals surface area (Å²) in [6.07, 6.45) is 3.13. The van der Waals surface area contributed by atoms with Gasteiger partial charge in [0.25, 0.3) is 0 Å². The third-order valence-electron chi connectivity index (χ3n) is 3.76. The molecule has 1 aliphatic heterocycles. The first-order valence-electron chi connectivity index (χ1n) is 7.52. The maximum atomic E-state index is 12.1. The molecule has 2 heterocycles. The Labute approximate surface area is 128 Å². The number of nitrogens with zero attached hydrogens (tertiary/aromatic N) is 2. The summed E-state index contributed by atoms with van der Waals surface area (Å²) in [7, 11) is 0. The second-order valence-corrected chi connectivity index (χ2v) is 5.38. The third kappa shape index (κ3) is 3.32. The Kier molecular flexibility index (Phi) is 4.45. The van der Waals surface area contributed by atoms with Gasteiger partial charge in [0.05, 0.1) is 12.6 Å². The van der Waals surface area contributed by atoms with Crippen molar-refractivity contribution in [2.75, 3.05) is 11.9 Å². The molecule has 22 heavy (non-hydrogen) atoms. The molecule has 1 saturated heterocycles. The average molecular weight is 300 g/mol. The van der Waals surface area contributed by atoms with Crippen molar-refractivity contribution in [1.82, 2.24) is 20.5 Å². The molecule has 0 spiro atoms. The van der Waals surface area contributed by atoms with E-state index in [1.54, 1.807) is 0 Å². The van der Waals surface area contributed by atoms with Crippen molar-refractivity contribution in [1.29, 1.82) is 0 Å². The Hall–Kier alpha value is -2.25. The molecule has 0 radical (unpaired) electrons. The number of aromatic amines is 1. The van der Waals surface area contributed by atoms with Crippen LogP contribution in [0.5, 0.6) is 0 Å². The highest BCUT2D eigenvalue weighted by molar-refractivity contribution is 5.95. The van der Waals surface area contributed by atoms with Crippen LogP contribution in [0.4, 0.5) is 5.69 Å². The number of piperidine rings is 1. The van der Waals surface area contributed by atoms with Crippen molar-refractivity contribution in [3.63, 3.8) is 0 Å². The summed E-state index contributed by atoms with van der Waals surface area (Å²) >= 11 is 0. The van der Waals surface area contributed by atoms with Crippen LogP contribution in [-0.2, 0) is 11.3 Å². The van der Waals surface area contributed by atoms with Gasteiger partial charge in [0.15, 0.2) is 5.82 Å². The number of H-pyrrole nitrogens is 1. The third-order valence-corrected chi connectivity index (χ3v) is 3.76. The molecule has 1 aromatic carbocycles. The van der Waals surface area contributed by atoms with Crippen molar-refractivity contribution in [2.24, 2.45) is 5.73 Å². The second-order valence-electron chi connectivity index (χ2n) is 5.38. The second kappa shape index (κ2) is 6.67. The van der Waals surface area contributed by atoms with Crippen molar-refractivity contribution >= 4 is 11.6 Å². The molecule has 1 aliphatic rings. The predicted molar refractivity (Wildman–Crippen MR) is 84.0 cm³/mol. The smallest absolute Gasteiger partial charge is 0.241 e.